The number of aliphatic hydroxyl groups excluding tert-OH is 1. The molecule has 15 rings (SSSR count). The van der Waals surface area contributed by atoms with Crippen molar-refractivity contribution in [3.05, 3.63) is 105 Å². The van der Waals surface area contributed by atoms with Crippen LogP contribution in [0.25, 0.3) is 44.7 Å². The van der Waals surface area contributed by atoms with E-state index in [-0.39, 0.29) is 37.6 Å². The Bertz CT molecular complexity index is 5240. The van der Waals surface area contributed by atoms with E-state index in [2.05, 4.69) is 74.8 Å². The van der Waals surface area contributed by atoms with Gasteiger partial charge in [0.1, 0.15) is 95.5 Å². The number of nitrogens with zero attached hydrogens (tertiary/aromatic N) is 22. The number of halogens is 7. The zero-order chi connectivity index (χ0) is 90.4. The Kier molecular flexibility index (Phi) is 35.4. The van der Waals surface area contributed by atoms with Crippen molar-refractivity contribution in [1.29, 1.82) is 0 Å². The Morgan fingerprint density at radius 1 is 0.579 bits per heavy atom. The number of aromatic nitrogens is 16. The third-order valence-corrected chi connectivity index (χ3v) is 20.6. The first-order chi connectivity index (χ1) is 58.1. The number of imidazole rings is 4. The van der Waals surface area contributed by atoms with Gasteiger partial charge < -0.3 is 81.9 Å². The normalized spacial score (nSPS) is 26.9. The fourth-order valence-corrected chi connectivity index (χ4v) is 13.1. The van der Waals surface area contributed by atoms with E-state index >= 15 is 0 Å². The largest absolute Gasteiger partial charge is 0.387 e. The monoisotopic (exact) mass is 1850 g/mol. The number of rotatable bonds is 20. The molecule has 660 valence electrons. The standard InChI is InChI=1S/C16H24FN6O3P.C13H16ClFN6O.C12H13FN6O.C9H10FN5O2.C8H16FO3P.C7H13O3P.C6H5FSe.CO2/c1-10-11(17)15(26-16(10)25-9-27(4,5)24)23-8-20-12-13(21-7-22(2)3)18-6-19-14(12)23;1-7-8(15)13(22-10(7)14)21-6-18-9-11(19-5-20(2)3)16-4-17-12(9)21;1-18(2)6-17-10-9-11(15-5-14-10)19(7-16-9)12-8(13)3-4-20-12;10-5-4(16)1-17-9(5)15-3-14-6-7(11)12-2-13-8(6)15;1-6-7(9)4-11-8(6)12-5-13(2,3)10;1-11(2,8)6-10-7-4-3-5-9-7;7-8-6-4-2-1-3-5-6;2-1-3/h6-8,10-11,15-16H,9H2,1-5H3;4-8,10,13H,1-3H3;3-8,12H,1-2H3;2-5,9,16H,1H2,(H2,11,12,13);6-8H,4-5H2,1-3H3;3-4,7H,5-6H2,1-2H3;1-5H;/t10-,11-,15+,16-;7-,8-,10-,13+;8-,12+;4-,5+,9-;6-,7+,8+;7-;;/m000101../s1/i;;;;4T;5T;;/t;;;;4-,6-,7+,8+;5-,7+;;/m....00... The van der Waals surface area contributed by atoms with Crippen LogP contribution in [0, 0.1) is 17.8 Å². The second-order valence-corrected chi connectivity index (χ2v) is 41.2. The van der Waals surface area contributed by atoms with Gasteiger partial charge in [-0.3, -0.25) is 18.3 Å². The van der Waals surface area contributed by atoms with Crippen LogP contribution in [-0.4, -0.2) is 321 Å². The molecule has 8 aromatic heterocycles. The second-order valence-electron chi connectivity index (χ2n) is 29.2. The molecule has 4 fully saturated rings. The van der Waals surface area contributed by atoms with E-state index in [9.17, 15) is 44.3 Å². The molecule has 9 aromatic rings. The number of anilines is 1. The fourth-order valence-electron chi connectivity index (χ4n) is 10.8. The molecule has 6 aliphatic heterocycles. The molecule has 6 aliphatic rings. The van der Waals surface area contributed by atoms with E-state index in [0.29, 0.717) is 62.1 Å². The Morgan fingerprint density at radius 3 is 1.40 bits per heavy atom. The van der Waals surface area contributed by atoms with Gasteiger partial charge in [0, 0.05) is 60.0 Å². The molecular formula is C72H97ClF6N23O15P3Se. The molecule has 121 heavy (non-hydrogen) atoms. The number of nitrogen functional groups attached to an aromatic ring is 1. The van der Waals surface area contributed by atoms with Crippen molar-refractivity contribution in [1.82, 2.24) is 92.8 Å². The van der Waals surface area contributed by atoms with Gasteiger partial charge in [0.2, 0.25) is 6.23 Å². The Morgan fingerprint density at radius 2 is 1.01 bits per heavy atom. The Hall–Kier alpha value is -8.99. The number of carbonyl (C=O) groups excluding carboxylic acids is 2. The molecule has 0 amide bonds. The van der Waals surface area contributed by atoms with E-state index in [1.54, 1.807) is 119 Å². The van der Waals surface area contributed by atoms with Gasteiger partial charge in [-0.25, -0.2) is 96.7 Å². The van der Waals surface area contributed by atoms with E-state index < -0.39 is 154 Å². The van der Waals surface area contributed by atoms with Crippen LogP contribution in [0.2, 0.25) is 0 Å². The number of hydrogen-bond acceptors (Lipinski definition) is 31. The molecule has 0 spiro atoms. The molecule has 0 unspecified atom stereocenters. The first-order valence-corrected chi connectivity index (χ1v) is 46.9. The minimum Gasteiger partial charge on any atom is -0.387 e. The summed E-state index contributed by atoms with van der Waals surface area (Å²) in [7, 11) is 4.29. The number of benzene rings is 1. The van der Waals surface area contributed by atoms with Gasteiger partial charge in [-0.15, -0.1) is 0 Å². The summed E-state index contributed by atoms with van der Waals surface area (Å²) < 4.78 is 184. The van der Waals surface area contributed by atoms with Gasteiger partial charge in [0.15, 0.2) is 125 Å². The summed E-state index contributed by atoms with van der Waals surface area (Å²) in [5.74, 6) is 0.0701. The van der Waals surface area contributed by atoms with Gasteiger partial charge in [0.05, 0.1) is 66.8 Å². The summed E-state index contributed by atoms with van der Waals surface area (Å²) in [4.78, 5) is 83.6. The molecule has 0 radical (unpaired) electrons. The first-order valence-electron chi connectivity index (χ1n) is 37.8. The zero-order valence-electron chi connectivity index (χ0n) is 70.3. The Labute approximate surface area is 706 Å². The van der Waals surface area contributed by atoms with Gasteiger partial charge in [0.25, 0.3) is 0 Å². The zero-order valence-corrected chi connectivity index (χ0v) is 73.5. The van der Waals surface area contributed by atoms with E-state index in [0.717, 1.165) is 4.46 Å². The summed E-state index contributed by atoms with van der Waals surface area (Å²) in [6, 6.07) is 9.16. The van der Waals surface area contributed by atoms with Gasteiger partial charge in [-0.1, -0.05) is 38.4 Å². The van der Waals surface area contributed by atoms with Gasteiger partial charge in [-0.05, 0) is 52.1 Å². The average molecular weight is 1850 g/mol. The summed E-state index contributed by atoms with van der Waals surface area (Å²) >= 11 is 5.15. The smallest absolute Gasteiger partial charge is 0.373 e. The van der Waals surface area contributed by atoms with Crippen LogP contribution >= 0.6 is 33.0 Å². The molecule has 14 heterocycles. The van der Waals surface area contributed by atoms with Crippen LogP contribution < -0.4 is 10.2 Å². The number of fused-ring (bicyclic) bond motifs is 4. The molecule has 19 atom stereocenters. The Balaban J connectivity index is 0.000000181. The average Bonchev–Trinajstić information content (AvgIpc) is 1.63. The summed E-state index contributed by atoms with van der Waals surface area (Å²) in [6.45, 7) is 12.9. The predicted molar refractivity (Wildman–Crippen MR) is 440 cm³/mol. The number of alkyl halides is 6. The number of hydrogen-bond donors (Lipinski definition) is 2. The number of aliphatic hydroxyl groups is 1. The summed E-state index contributed by atoms with van der Waals surface area (Å²) in [5, 5.41) is 9.30. The van der Waals surface area contributed by atoms with Crippen LogP contribution in [0.3, 0.4) is 0 Å². The fraction of sp³-hybridized carbons (Fsp3) is 0.528. The molecule has 0 aliphatic carbocycles. The van der Waals surface area contributed by atoms with Crippen molar-refractivity contribution in [2.45, 2.75) is 107 Å². The first kappa shape index (κ1) is 94.3. The van der Waals surface area contributed by atoms with Gasteiger partial charge in [-0.2, -0.15) is 9.59 Å². The van der Waals surface area contributed by atoms with Crippen molar-refractivity contribution >= 4 is 146 Å². The van der Waals surface area contributed by atoms with Crippen LogP contribution in [0.1, 0.15) is 48.4 Å². The van der Waals surface area contributed by atoms with E-state index in [4.69, 9.17) is 72.3 Å². The molecule has 4 saturated heterocycles. The molecule has 1 aromatic carbocycles. The van der Waals surface area contributed by atoms with Gasteiger partial charge >= 0.3 is 59.9 Å². The second kappa shape index (κ2) is 45.4. The van der Waals surface area contributed by atoms with Crippen molar-refractivity contribution in [3.8, 4) is 0 Å². The maximum atomic E-state index is 14.9. The van der Waals surface area contributed by atoms with Crippen molar-refractivity contribution in [2.24, 2.45) is 32.7 Å². The number of nitrogens with two attached hydrogens (primary N) is 1. The topological polar surface area (TPSA) is 436 Å². The summed E-state index contributed by atoms with van der Waals surface area (Å²) in [5.41, 5.74) is 8.55. The van der Waals surface area contributed by atoms with Crippen molar-refractivity contribution < 1.29 is 99.3 Å². The van der Waals surface area contributed by atoms with Crippen LogP contribution in [0.5, 0.6) is 0 Å². The maximum Gasteiger partial charge on any atom is 0.373 e. The van der Waals surface area contributed by atoms with Crippen LogP contribution in [-0.2, 0) is 65.9 Å². The maximum absolute atomic E-state index is 14.9. The molecule has 3 N–H and O–H groups in total. The predicted octanol–water partition coefficient (Wildman–Crippen LogP) is 9.38. The van der Waals surface area contributed by atoms with E-state index in [1.807, 2.05) is 60.5 Å². The molecular weight excluding hydrogens is 1750 g/mol. The minimum absolute atomic E-state index is 0.0394. The van der Waals surface area contributed by atoms with Crippen molar-refractivity contribution in [2.75, 3.05) is 127 Å². The SMILES string of the molecule is CN(C)C=Nc1ncnc2c1ncn2[C@@H]1OC=C[C@@H]1F.C[C@@H]1[C@@H](OCP(C)(C)=O)O[C@@H](n2cnc3c(N=CN(C)C)ncnc32)[C@H]1F.C[C@H]1[C@H](F)[C@H](n2cnc3c(N=CN(C)C)ncnc32)O[C@@H]1Cl.F[Se]c1ccccc1.Nc1ncnc2c1ncn2[C@@H]1OC[C@@H](O)[C@@H]1F.O=C=O.[3H][C@@H]1O[C@H](OCP(C)(C)=O)[C@@H](C)[C@@H]1F.[3H][C@H]1C=C[C@@H](OCP(C)(C)=O)O1. The molecule has 49 heteroatoms. The molecule has 38 nitrogen and oxygen atoms in total. The summed E-state index contributed by atoms with van der Waals surface area (Å²) in [6.07, 6.45) is 9.27. The number of aliphatic imine (C=N–C) groups is 3. The molecule has 0 saturated carbocycles. The van der Waals surface area contributed by atoms with Crippen molar-refractivity contribution in [3.63, 3.8) is 0 Å². The third kappa shape index (κ3) is 28.0. The van der Waals surface area contributed by atoms with E-state index in [1.165, 1.54) is 81.2 Å². The van der Waals surface area contributed by atoms with Crippen LogP contribution in [0.4, 0.5) is 48.8 Å². The quantitative estimate of drug-likeness (QED) is 0.0136. The number of ether oxygens (including phenoxy) is 9. The third-order valence-electron chi connectivity index (χ3n) is 16.8. The van der Waals surface area contributed by atoms with Crippen LogP contribution in [0.15, 0.2) is 120 Å². The minimum atomic E-state index is -2.39. The molecule has 0 bridgehead atoms.